The lowest BCUT2D eigenvalue weighted by molar-refractivity contribution is -0.123. The van der Waals surface area contributed by atoms with Gasteiger partial charge in [0.2, 0.25) is 11.8 Å². The van der Waals surface area contributed by atoms with Gasteiger partial charge < -0.3 is 10.1 Å². The van der Waals surface area contributed by atoms with E-state index >= 15 is 0 Å². The highest BCUT2D eigenvalue weighted by Gasteiger charge is 2.38. The zero-order chi connectivity index (χ0) is 28.3. The van der Waals surface area contributed by atoms with Gasteiger partial charge in [-0.25, -0.2) is 9.07 Å². The predicted molar refractivity (Wildman–Crippen MR) is 159 cm³/mol. The lowest BCUT2D eigenvalue weighted by Gasteiger charge is -2.23. The molecule has 0 bridgehead atoms. The third kappa shape index (κ3) is 5.78. The van der Waals surface area contributed by atoms with E-state index in [-0.39, 0.29) is 36.0 Å². The van der Waals surface area contributed by atoms with Gasteiger partial charge in [-0.3, -0.25) is 14.5 Å². The molecule has 3 heterocycles. The quantitative estimate of drug-likeness (QED) is 0.320. The van der Waals surface area contributed by atoms with Crippen LogP contribution in [0.1, 0.15) is 34.8 Å². The predicted octanol–water partition coefficient (Wildman–Crippen LogP) is 5.45. The number of fused-ring (bicyclic) bond motifs is 1. The average molecular weight is 571 g/mol. The third-order valence-corrected chi connectivity index (χ3v) is 8.64. The van der Waals surface area contributed by atoms with Crippen LogP contribution in [0.15, 0.2) is 78.9 Å². The van der Waals surface area contributed by atoms with Crippen molar-refractivity contribution in [2.45, 2.75) is 31.1 Å². The van der Waals surface area contributed by atoms with E-state index in [0.717, 1.165) is 40.8 Å². The highest BCUT2D eigenvalue weighted by molar-refractivity contribution is 8.00. The molecule has 7 nitrogen and oxygen atoms in total. The van der Waals surface area contributed by atoms with Gasteiger partial charge in [0.1, 0.15) is 18.2 Å². The lowest BCUT2D eigenvalue weighted by Crippen LogP contribution is -2.44. The third-order valence-electron chi connectivity index (χ3n) is 7.39. The van der Waals surface area contributed by atoms with Crippen LogP contribution in [0.4, 0.5) is 10.2 Å². The molecule has 2 aliphatic heterocycles. The fourth-order valence-corrected chi connectivity index (χ4v) is 6.62. The Morgan fingerprint density at radius 1 is 1.10 bits per heavy atom. The second-order valence-electron chi connectivity index (χ2n) is 10.4. The summed E-state index contributed by atoms with van der Waals surface area (Å²) in [4.78, 5) is 28.6. The Morgan fingerprint density at radius 3 is 2.68 bits per heavy atom. The van der Waals surface area contributed by atoms with Gasteiger partial charge in [-0.2, -0.15) is 5.10 Å². The first-order valence-corrected chi connectivity index (χ1v) is 14.8. The maximum absolute atomic E-state index is 14.5. The molecule has 1 N–H and O–H groups in total. The van der Waals surface area contributed by atoms with Gasteiger partial charge in [-0.1, -0.05) is 54.6 Å². The Balaban J connectivity index is 1.52. The minimum Gasteiger partial charge on any atom is -0.376 e. The maximum Gasteiger partial charge on any atom is 0.240 e. The summed E-state index contributed by atoms with van der Waals surface area (Å²) in [5.41, 5.74) is 4.86. The van der Waals surface area contributed by atoms with Gasteiger partial charge >= 0.3 is 0 Å². The van der Waals surface area contributed by atoms with E-state index in [1.54, 1.807) is 10.7 Å². The van der Waals surface area contributed by atoms with Crippen LogP contribution >= 0.6 is 11.8 Å². The van der Waals surface area contributed by atoms with Crippen LogP contribution in [-0.2, 0) is 14.3 Å². The number of carbonyl (C=O) groups excluding carboxylic acids is 2. The number of ether oxygens (including phenoxy) is 1. The second kappa shape index (κ2) is 11.9. The van der Waals surface area contributed by atoms with E-state index in [4.69, 9.17) is 9.84 Å². The van der Waals surface area contributed by atoms with Crippen LogP contribution in [0, 0.1) is 12.7 Å². The first-order valence-electron chi connectivity index (χ1n) is 13.8. The lowest BCUT2D eigenvalue weighted by atomic mass is 9.99. The first kappa shape index (κ1) is 27.2. The molecule has 9 heteroatoms. The van der Waals surface area contributed by atoms with Crippen molar-refractivity contribution in [1.82, 2.24) is 15.1 Å². The second-order valence-corrected chi connectivity index (χ2v) is 11.5. The van der Waals surface area contributed by atoms with E-state index in [1.165, 1.54) is 28.8 Å². The van der Waals surface area contributed by atoms with Gasteiger partial charge in [-0.05, 0) is 55.2 Å². The number of carbonyl (C=O) groups is 2. The summed E-state index contributed by atoms with van der Waals surface area (Å²) in [5.74, 6) is -0.191. The molecular weight excluding hydrogens is 539 g/mol. The van der Waals surface area contributed by atoms with Gasteiger partial charge in [0, 0.05) is 24.3 Å². The molecule has 4 aromatic rings. The van der Waals surface area contributed by atoms with Crippen molar-refractivity contribution in [2.75, 3.05) is 30.3 Å². The number of nitrogens with one attached hydrogen (secondary N) is 1. The van der Waals surface area contributed by atoms with Crippen LogP contribution in [-0.4, -0.2) is 53.1 Å². The van der Waals surface area contributed by atoms with Crippen LogP contribution in [0.2, 0.25) is 0 Å². The molecule has 6 rings (SSSR count). The molecular formula is C32H31FN4O3S. The Hall–Kier alpha value is -3.95. The number of thioether (sulfide) groups is 1. The molecule has 0 spiro atoms. The van der Waals surface area contributed by atoms with E-state index in [9.17, 15) is 14.0 Å². The summed E-state index contributed by atoms with van der Waals surface area (Å²) in [5, 5.41) is 7.64. The van der Waals surface area contributed by atoms with Crippen molar-refractivity contribution >= 4 is 29.4 Å². The van der Waals surface area contributed by atoms with Crippen molar-refractivity contribution < 1.29 is 18.7 Å². The zero-order valence-corrected chi connectivity index (χ0v) is 23.6. The molecule has 0 unspecified atom stereocenters. The molecule has 210 valence electrons. The Bertz CT molecular complexity index is 1570. The number of aromatic nitrogens is 2. The number of amides is 2. The summed E-state index contributed by atoms with van der Waals surface area (Å²) >= 11 is 1.42. The number of hydrogen-bond acceptors (Lipinski definition) is 5. The molecule has 1 fully saturated rings. The summed E-state index contributed by atoms with van der Waals surface area (Å²) < 4.78 is 21.9. The first-order chi connectivity index (χ1) is 20.0. The average Bonchev–Trinajstić information content (AvgIpc) is 3.61. The molecule has 2 amide bonds. The van der Waals surface area contributed by atoms with E-state index in [2.05, 4.69) is 5.32 Å². The van der Waals surface area contributed by atoms with Crippen molar-refractivity contribution in [3.8, 4) is 16.9 Å². The number of hydrogen-bond donors (Lipinski definition) is 1. The molecule has 1 aromatic heterocycles. The van der Waals surface area contributed by atoms with Crippen LogP contribution in [0.5, 0.6) is 0 Å². The van der Waals surface area contributed by atoms with Gasteiger partial charge in [-0.15, -0.1) is 11.8 Å². The number of rotatable bonds is 7. The Labute approximate surface area is 242 Å². The minimum atomic E-state index is -0.390. The fraction of sp³-hybridized carbons (Fsp3) is 0.281. The zero-order valence-electron chi connectivity index (χ0n) is 22.8. The standard InChI is InChI=1S/C32H31FN4O3S/c1-21-8-5-13-25(16-21)37-32-29(30(35-37)22-9-3-2-4-10-22)31(23-11-6-12-24(33)17-23)41-20-28(39)36(32)19-27(38)34-18-26-14-7-15-40-26/h2-6,8-13,16-17,26,31H,7,14-15,18-20H2,1H3,(H,34,38)/t26-,31+/m0/s1. The molecule has 0 aliphatic carbocycles. The largest absolute Gasteiger partial charge is 0.376 e. The summed E-state index contributed by atoms with van der Waals surface area (Å²) in [7, 11) is 0. The highest BCUT2D eigenvalue weighted by Crippen LogP contribution is 2.48. The van der Waals surface area contributed by atoms with Crippen LogP contribution in [0.25, 0.3) is 16.9 Å². The fourth-order valence-electron chi connectivity index (χ4n) is 5.43. The summed E-state index contributed by atoms with van der Waals surface area (Å²) in [6.45, 7) is 2.93. The summed E-state index contributed by atoms with van der Waals surface area (Å²) in [6.07, 6.45) is 1.87. The van der Waals surface area contributed by atoms with Crippen molar-refractivity contribution in [3.05, 3.63) is 101 Å². The van der Waals surface area contributed by atoms with E-state index in [1.807, 2.05) is 67.6 Å². The molecule has 0 radical (unpaired) electrons. The minimum absolute atomic E-state index is 0.00948. The number of nitrogens with zero attached hydrogens (tertiary/aromatic N) is 3. The SMILES string of the molecule is Cc1cccc(-n2nc(-c3ccccc3)c3c2N(CC(=O)NC[C@@H]2CCCO2)C(=O)CS[C@@H]3c2cccc(F)c2)c1. The van der Waals surface area contributed by atoms with Gasteiger partial charge in [0.05, 0.1) is 28.5 Å². The molecule has 41 heavy (non-hydrogen) atoms. The van der Waals surface area contributed by atoms with Crippen LogP contribution < -0.4 is 10.2 Å². The van der Waals surface area contributed by atoms with Crippen molar-refractivity contribution in [3.63, 3.8) is 0 Å². The van der Waals surface area contributed by atoms with E-state index in [0.29, 0.717) is 24.7 Å². The number of benzene rings is 3. The summed E-state index contributed by atoms with van der Waals surface area (Å²) in [6, 6.07) is 24.1. The van der Waals surface area contributed by atoms with Gasteiger partial charge in [0.15, 0.2) is 0 Å². The van der Waals surface area contributed by atoms with Crippen LogP contribution in [0.3, 0.4) is 0 Å². The molecule has 2 atom stereocenters. The highest BCUT2D eigenvalue weighted by atomic mass is 32.2. The molecule has 1 saturated heterocycles. The Morgan fingerprint density at radius 2 is 1.93 bits per heavy atom. The maximum atomic E-state index is 14.5. The van der Waals surface area contributed by atoms with E-state index < -0.39 is 5.25 Å². The smallest absolute Gasteiger partial charge is 0.240 e. The number of aryl methyl sites for hydroxylation is 1. The number of halogens is 1. The number of anilines is 1. The Kier molecular flexibility index (Phi) is 7.89. The monoisotopic (exact) mass is 570 g/mol. The molecule has 3 aromatic carbocycles. The van der Waals surface area contributed by atoms with Crippen molar-refractivity contribution in [1.29, 1.82) is 0 Å². The molecule has 2 aliphatic rings. The van der Waals surface area contributed by atoms with Gasteiger partial charge in [0.25, 0.3) is 0 Å². The molecule has 0 saturated carbocycles. The van der Waals surface area contributed by atoms with Crippen molar-refractivity contribution in [2.24, 2.45) is 0 Å². The normalized spacial score (nSPS) is 18.7. The topological polar surface area (TPSA) is 76.5 Å².